The fourth-order valence-electron chi connectivity index (χ4n) is 4.28. The highest BCUT2D eigenvalue weighted by Gasteiger charge is 2.48. The average Bonchev–Trinajstić information content (AvgIpc) is 3.38. The van der Waals surface area contributed by atoms with Gasteiger partial charge >= 0.3 is 5.91 Å². The van der Waals surface area contributed by atoms with Gasteiger partial charge in [0.2, 0.25) is 0 Å². The monoisotopic (exact) mass is 483 g/mol. The number of fused-ring (bicyclic) bond motifs is 1. The second kappa shape index (κ2) is 8.74. The van der Waals surface area contributed by atoms with Crippen LogP contribution in [0.25, 0.3) is 16.0 Å². The largest absolute Gasteiger partial charge is 0.507 e. The summed E-state index contributed by atoms with van der Waals surface area (Å²) in [7, 11) is 0. The number of benzene rings is 2. The molecule has 1 aliphatic rings. The first-order valence-corrected chi connectivity index (χ1v) is 12.3. The molecule has 35 heavy (non-hydrogen) atoms. The third kappa shape index (κ3) is 3.91. The molecule has 2 aromatic heterocycles. The number of Topliss-reactive ketones (excluding diaryl/α,β-unsaturated/α-hetero) is 1. The Bertz CT molecular complexity index is 1500. The first-order chi connectivity index (χ1) is 16.8. The molecular formula is C28H25N3O3S. The van der Waals surface area contributed by atoms with Crippen molar-refractivity contribution in [1.82, 2.24) is 9.97 Å². The molecule has 6 nitrogen and oxygen atoms in total. The van der Waals surface area contributed by atoms with Crippen molar-refractivity contribution in [1.29, 1.82) is 0 Å². The van der Waals surface area contributed by atoms with Crippen LogP contribution in [0, 0.1) is 13.8 Å². The van der Waals surface area contributed by atoms with Gasteiger partial charge < -0.3 is 5.11 Å². The zero-order valence-electron chi connectivity index (χ0n) is 19.9. The number of aliphatic hydroxyl groups excluding tert-OH is 1. The highest BCUT2D eigenvalue weighted by atomic mass is 32.1. The maximum Gasteiger partial charge on any atom is 0.301 e. The normalized spacial score (nSPS) is 17.6. The minimum absolute atomic E-state index is 0.0130. The Morgan fingerprint density at radius 3 is 2.51 bits per heavy atom. The second-order valence-corrected chi connectivity index (χ2v) is 10.1. The molecule has 1 atom stereocenters. The molecule has 4 aromatic rings. The van der Waals surface area contributed by atoms with Gasteiger partial charge in [-0.3, -0.25) is 19.5 Å². The summed E-state index contributed by atoms with van der Waals surface area (Å²) in [5.41, 5.74) is 4.95. The number of hydrogen-bond donors (Lipinski definition) is 1. The predicted octanol–water partition coefficient (Wildman–Crippen LogP) is 6.06. The lowest BCUT2D eigenvalue weighted by molar-refractivity contribution is -0.132. The summed E-state index contributed by atoms with van der Waals surface area (Å²) in [6.07, 6.45) is 1.61. The zero-order chi connectivity index (χ0) is 24.9. The van der Waals surface area contributed by atoms with E-state index in [0.717, 1.165) is 21.3 Å². The van der Waals surface area contributed by atoms with Crippen LogP contribution >= 0.6 is 11.3 Å². The molecule has 1 unspecified atom stereocenters. The standard InChI is InChI=1S/C28H25N3O3S/c1-15(2)18-10-11-20-22(14-18)35-28(30-20)31-24(21-7-5-6-12-29-21)23(26(33)27(31)34)25(32)19-9-8-16(3)17(4)13-19/h5-15,24,32H,1-4H3/b25-23+. The first kappa shape index (κ1) is 22.9. The fraction of sp³-hybridized carbons (Fsp3) is 0.214. The summed E-state index contributed by atoms with van der Waals surface area (Å²) in [6.45, 7) is 8.16. The Hall–Kier alpha value is -3.84. The summed E-state index contributed by atoms with van der Waals surface area (Å²) in [4.78, 5) is 37.2. The van der Waals surface area contributed by atoms with Crippen LogP contribution in [0.15, 0.2) is 66.4 Å². The van der Waals surface area contributed by atoms with E-state index in [1.165, 1.54) is 21.8 Å². The van der Waals surface area contributed by atoms with E-state index in [-0.39, 0.29) is 11.3 Å². The lowest BCUT2D eigenvalue weighted by atomic mass is 9.97. The average molecular weight is 484 g/mol. The Morgan fingerprint density at radius 2 is 1.83 bits per heavy atom. The Kier molecular flexibility index (Phi) is 5.73. The first-order valence-electron chi connectivity index (χ1n) is 11.5. The van der Waals surface area contributed by atoms with Gasteiger partial charge in [-0.1, -0.05) is 49.4 Å². The van der Waals surface area contributed by atoms with E-state index < -0.39 is 17.7 Å². The molecule has 7 heteroatoms. The number of carbonyl (C=O) groups excluding carboxylic acids is 2. The number of anilines is 1. The molecule has 176 valence electrons. The van der Waals surface area contributed by atoms with Crippen molar-refractivity contribution in [3.05, 3.63) is 94.3 Å². The summed E-state index contributed by atoms with van der Waals surface area (Å²) >= 11 is 1.35. The van der Waals surface area contributed by atoms with Gasteiger partial charge in [0, 0.05) is 11.8 Å². The van der Waals surface area contributed by atoms with Crippen molar-refractivity contribution in [3.63, 3.8) is 0 Å². The number of hydrogen-bond acceptors (Lipinski definition) is 6. The quantitative estimate of drug-likeness (QED) is 0.217. The van der Waals surface area contributed by atoms with E-state index in [0.29, 0.717) is 22.3 Å². The van der Waals surface area contributed by atoms with E-state index in [4.69, 9.17) is 0 Å². The van der Waals surface area contributed by atoms with Crippen molar-refractivity contribution in [2.24, 2.45) is 0 Å². The molecule has 1 N–H and O–H groups in total. The Balaban J connectivity index is 1.70. The Labute approximate surface area is 207 Å². The van der Waals surface area contributed by atoms with Crippen LogP contribution in [0.4, 0.5) is 5.13 Å². The predicted molar refractivity (Wildman–Crippen MR) is 139 cm³/mol. The van der Waals surface area contributed by atoms with Crippen LogP contribution in [0.2, 0.25) is 0 Å². The van der Waals surface area contributed by atoms with Gasteiger partial charge in [-0.25, -0.2) is 4.98 Å². The molecule has 1 saturated heterocycles. The molecule has 5 rings (SSSR count). The highest BCUT2D eigenvalue weighted by Crippen LogP contribution is 2.44. The van der Waals surface area contributed by atoms with Crippen molar-refractivity contribution < 1.29 is 14.7 Å². The third-order valence-corrected chi connectivity index (χ3v) is 7.48. The van der Waals surface area contributed by atoms with Crippen LogP contribution in [-0.2, 0) is 9.59 Å². The van der Waals surface area contributed by atoms with Gasteiger partial charge in [-0.05, 0) is 66.8 Å². The molecule has 0 saturated carbocycles. The fourth-order valence-corrected chi connectivity index (χ4v) is 5.32. The number of ketones is 1. The molecule has 0 bridgehead atoms. The highest BCUT2D eigenvalue weighted by molar-refractivity contribution is 7.22. The molecular weight excluding hydrogens is 458 g/mol. The number of amides is 1. The van der Waals surface area contributed by atoms with Crippen LogP contribution in [0.3, 0.4) is 0 Å². The maximum atomic E-state index is 13.4. The van der Waals surface area contributed by atoms with Gasteiger partial charge in [0.25, 0.3) is 5.78 Å². The van der Waals surface area contributed by atoms with Gasteiger partial charge in [0.15, 0.2) is 5.13 Å². The molecule has 3 heterocycles. The minimum atomic E-state index is -0.886. The van der Waals surface area contributed by atoms with E-state index in [2.05, 4.69) is 29.9 Å². The lowest BCUT2D eigenvalue weighted by Crippen LogP contribution is -2.29. The molecule has 1 aliphatic heterocycles. The van der Waals surface area contributed by atoms with Crippen LogP contribution in [0.1, 0.15) is 53.8 Å². The van der Waals surface area contributed by atoms with Gasteiger partial charge in [-0.15, -0.1) is 0 Å². The number of pyridine rings is 1. The summed E-state index contributed by atoms with van der Waals surface area (Å²) in [5.74, 6) is -1.34. The zero-order valence-corrected chi connectivity index (χ0v) is 20.8. The van der Waals surface area contributed by atoms with Crippen LogP contribution in [0.5, 0.6) is 0 Å². The van der Waals surface area contributed by atoms with Crippen molar-refractivity contribution in [2.45, 2.75) is 39.7 Å². The number of thiazole rings is 1. The van der Waals surface area contributed by atoms with Crippen LogP contribution in [-0.4, -0.2) is 26.8 Å². The number of nitrogens with zero attached hydrogens (tertiary/aromatic N) is 3. The number of rotatable bonds is 4. The maximum absolute atomic E-state index is 13.4. The lowest BCUT2D eigenvalue weighted by Gasteiger charge is -2.22. The van der Waals surface area contributed by atoms with Crippen LogP contribution < -0.4 is 4.90 Å². The summed E-state index contributed by atoms with van der Waals surface area (Å²) in [6, 6.07) is 15.9. The third-order valence-electron chi connectivity index (χ3n) is 6.47. The minimum Gasteiger partial charge on any atom is -0.507 e. The van der Waals surface area contributed by atoms with E-state index in [9.17, 15) is 14.7 Å². The second-order valence-electron chi connectivity index (χ2n) is 9.10. The number of aliphatic hydroxyl groups is 1. The number of aromatic nitrogens is 2. The van der Waals surface area contributed by atoms with E-state index >= 15 is 0 Å². The van der Waals surface area contributed by atoms with Gasteiger partial charge in [0.1, 0.15) is 11.8 Å². The van der Waals surface area contributed by atoms with E-state index in [1.807, 2.05) is 38.1 Å². The molecule has 1 amide bonds. The number of carbonyl (C=O) groups is 2. The van der Waals surface area contributed by atoms with Crippen molar-refractivity contribution in [2.75, 3.05) is 4.90 Å². The molecule has 0 spiro atoms. The van der Waals surface area contributed by atoms with Crippen molar-refractivity contribution >= 4 is 44.1 Å². The topological polar surface area (TPSA) is 83.4 Å². The van der Waals surface area contributed by atoms with E-state index in [1.54, 1.807) is 30.5 Å². The Morgan fingerprint density at radius 1 is 1.03 bits per heavy atom. The molecule has 2 aromatic carbocycles. The summed E-state index contributed by atoms with van der Waals surface area (Å²) < 4.78 is 0.932. The van der Waals surface area contributed by atoms with Gasteiger partial charge in [0.05, 0.1) is 21.5 Å². The van der Waals surface area contributed by atoms with Crippen molar-refractivity contribution in [3.8, 4) is 0 Å². The smallest absolute Gasteiger partial charge is 0.301 e. The molecule has 0 radical (unpaired) electrons. The number of aryl methyl sites for hydroxylation is 2. The van der Waals surface area contributed by atoms with Gasteiger partial charge in [-0.2, -0.15) is 0 Å². The summed E-state index contributed by atoms with van der Waals surface area (Å²) in [5, 5.41) is 11.7. The molecule has 0 aliphatic carbocycles. The SMILES string of the molecule is Cc1ccc(/C(O)=C2\C(=O)C(=O)N(c3nc4ccc(C(C)C)cc4s3)C2c2ccccn2)cc1C. The molecule has 1 fully saturated rings.